The molecule has 0 radical (unpaired) electrons. The van der Waals surface area contributed by atoms with E-state index in [1.54, 1.807) is 23.0 Å². The minimum absolute atomic E-state index is 0.0598. The van der Waals surface area contributed by atoms with Crippen LogP contribution in [0.3, 0.4) is 0 Å². The molecule has 106 valence electrons. The molecule has 1 aliphatic heterocycles. The highest BCUT2D eigenvalue weighted by atomic mass is 32.2. The van der Waals surface area contributed by atoms with E-state index in [0.29, 0.717) is 6.42 Å². The Morgan fingerprint density at radius 2 is 2.30 bits per heavy atom. The first-order valence-electron chi connectivity index (χ1n) is 6.23. The number of rotatable bonds is 3. The molecule has 0 aromatic carbocycles. The molecule has 0 amide bonds. The van der Waals surface area contributed by atoms with Crippen molar-refractivity contribution in [1.82, 2.24) is 9.55 Å². The first kappa shape index (κ1) is 13.1. The molecule has 3 heterocycles. The first-order valence-corrected chi connectivity index (χ1v) is 8.19. The molecule has 1 N–H and O–H groups in total. The number of hydrogen-bond donors (Lipinski definition) is 1. The third-order valence-corrected chi connectivity index (χ3v) is 5.17. The molecule has 0 bridgehead atoms. The highest BCUT2D eigenvalue weighted by Crippen LogP contribution is 2.44. The Bertz CT molecular complexity index is 794. The Labute approximate surface area is 116 Å². The summed E-state index contributed by atoms with van der Waals surface area (Å²) in [6.45, 7) is 0. The van der Waals surface area contributed by atoms with E-state index in [1.165, 1.54) is 6.26 Å². The number of pyridine rings is 1. The van der Waals surface area contributed by atoms with Gasteiger partial charge in [-0.05, 0) is 18.6 Å². The molecule has 0 fully saturated rings. The van der Waals surface area contributed by atoms with Crippen molar-refractivity contribution in [2.75, 3.05) is 6.26 Å². The van der Waals surface area contributed by atoms with Gasteiger partial charge in [0.05, 0.1) is 11.9 Å². The van der Waals surface area contributed by atoms with Gasteiger partial charge in [-0.3, -0.25) is 9.78 Å². The summed E-state index contributed by atoms with van der Waals surface area (Å²) in [7, 11) is -3.30. The SMILES string of the molecule is CS(=O)(=O)C1CC(CC(=O)O)c2cc3cnccc3n21. The van der Waals surface area contributed by atoms with Crippen molar-refractivity contribution >= 4 is 26.7 Å². The number of carboxylic acid groups (broad SMARTS) is 1. The second-order valence-electron chi connectivity index (χ2n) is 5.19. The average molecular weight is 294 g/mol. The maximum absolute atomic E-state index is 12.0. The van der Waals surface area contributed by atoms with Gasteiger partial charge in [-0.2, -0.15) is 0 Å². The molecule has 2 atom stereocenters. The van der Waals surface area contributed by atoms with Crippen LogP contribution in [-0.4, -0.2) is 35.3 Å². The fourth-order valence-corrected chi connectivity index (χ4v) is 4.17. The zero-order valence-electron chi connectivity index (χ0n) is 10.9. The molecule has 1 aliphatic rings. The number of sulfone groups is 1. The van der Waals surface area contributed by atoms with E-state index in [0.717, 1.165) is 16.6 Å². The lowest BCUT2D eigenvalue weighted by Crippen LogP contribution is -2.14. The predicted octanol–water partition coefficient (Wildman–Crippen LogP) is 1.54. The summed E-state index contributed by atoms with van der Waals surface area (Å²) < 4.78 is 25.7. The molecule has 6 nitrogen and oxygen atoms in total. The van der Waals surface area contributed by atoms with E-state index in [4.69, 9.17) is 5.11 Å². The smallest absolute Gasteiger partial charge is 0.304 e. The molecule has 2 aromatic rings. The van der Waals surface area contributed by atoms with Gasteiger partial charge < -0.3 is 9.67 Å². The lowest BCUT2D eigenvalue weighted by atomic mass is 10.0. The summed E-state index contributed by atoms with van der Waals surface area (Å²) in [5, 5.41) is 9.14. The summed E-state index contributed by atoms with van der Waals surface area (Å²) in [4.78, 5) is 15.0. The van der Waals surface area contributed by atoms with Crippen molar-refractivity contribution in [1.29, 1.82) is 0 Å². The van der Waals surface area contributed by atoms with Crippen LogP contribution >= 0.6 is 0 Å². The molecule has 3 rings (SSSR count). The monoisotopic (exact) mass is 294 g/mol. The minimum Gasteiger partial charge on any atom is -0.481 e. The largest absolute Gasteiger partial charge is 0.481 e. The van der Waals surface area contributed by atoms with Crippen molar-refractivity contribution in [3.63, 3.8) is 0 Å². The van der Waals surface area contributed by atoms with Crippen molar-refractivity contribution in [2.45, 2.75) is 24.1 Å². The third kappa shape index (κ3) is 1.98. The van der Waals surface area contributed by atoms with Gasteiger partial charge in [-0.15, -0.1) is 0 Å². The lowest BCUT2D eigenvalue weighted by Gasteiger charge is -2.12. The molecule has 2 aromatic heterocycles. The molecule has 2 unspecified atom stereocenters. The topological polar surface area (TPSA) is 89.3 Å². The molecule has 7 heteroatoms. The second kappa shape index (κ2) is 4.31. The zero-order valence-corrected chi connectivity index (χ0v) is 11.7. The second-order valence-corrected chi connectivity index (χ2v) is 7.39. The Balaban J connectivity index is 2.21. The van der Waals surface area contributed by atoms with Crippen LogP contribution in [0.25, 0.3) is 10.9 Å². The Morgan fingerprint density at radius 3 is 2.95 bits per heavy atom. The summed E-state index contributed by atoms with van der Waals surface area (Å²) in [6, 6.07) is 3.61. The van der Waals surface area contributed by atoms with Crippen LogP contribution in [0.15, 0.2) is 24.5 Å². The molecular formula is C13H14N2O4S. The van der Waals surface area contributed by atoms with Crippen LogP contribution < -0.4 is 0 Å². The molecule has 0 saturated carbocycles. The zero-order chi connectivity index (χ0) is 14.5. The van der Waals surface area contributed by atoms with E-state index >= 15 is 0 Å². The van der Waals surface area contributed by atoms with Crippen molar-refractivity contribution < 1.29 is 18.3 Å². The van der Waals surface area contributed by atoms with Crippen molar-refractivity contribution in [3.05, 3.63) is 30.2 Å². The van der Waals surface area contributed by atoms with E-state index in [9.17, 15) is 13.2 Å². The summed E-state index contributed by atoms with van der Waals surface area (Å²) >= 11 is 0. The van der Waals surface area contributed by atoms with E-state index in [2.05, 4.69) is 4.98 Å². The first-order chi connectivity index (χ1) is 9.38. The number of carbonyl (C=O) groups is 1. The number of nitrogens with zero attached hydrogens (tertiary/aromatic N) is 2. The van der Waals surface area contributed by atoms with Crippen LogP contribution in [-0.2, 0) is 14.6 Å². The summed E-state index contributed by atoms with van der Waals surface area (Å²) in [5.41, 5.74) is 1.56. The van der Waals surface area contributed by atoms with Gasteiger partial charge in [-0.1, -0.05) is 0 Å². The number of aromatic nitrogens is 2. The summed E-state index contributed by atoms with van der Waals surface area (Å²) in [6.07, 6.45) is 4.73. The number of aliphatic carboxylic acids is 1. The van der Waals surface area contributed by atoms with Gasteiger partial charge in [0.25, 0.3) is 0 Å². The highest BCUT2D eigenvalue weighted by molar-refractivity contribution is 7.90. The van der Waals surface area contributed by atoms with E-state index < -0.39 is 21.2 Å². The molecule has 0 spiro atoms. The minimum atomic E-state index is -3.30. The van der Waals surface area contributed by atoms with Gasteiger partial charge in [0.15, 0.2) is 9.84 Å². The Hall–Kier alpha value is -1.89. The van der Waals surface area contributed by atoms with Gasteiger partial charge >= 0.3 is 5.97 Å². The van der Waals surface area contributed by atoms with Crippen molar-refractivity contribution in [3.8, 4) is 0 Å². The van der Waals surface area contributed by atoms with E-state index in [1.807, 2.05) is 6.07 Å². The number of hydrogen-bond acceptors (Lipinski definition) is 4. The molecular weight excluding hydrogens is 280 g/mol. The van der Waals surface area contributed by atoms with Crippen molar-refractivity contribution in [2.24, 2.45) is 0 Å². The lowest BCUT2D eigenvalue weighted by molar-refractivity contribution is -0.137. The number of fused-ring (bicyclic) bond motifs is 3. The standard InChI is InChI=1S/C13H14N2O4S/c1-20(18,19)12-5-8(6-13(16)17)11-4-9-7-14-3-2-10(9)15(11)12/h2-4,7-8,12H,5-6H2,1H3,(H,16,17). The van der Waals surface area contributed by atoms with Crippen LogP contribution in [0.2, 0.25) is 0 Å². The average Bonchev–Trinajstić information content (AvgIpc) is 2.86. The molecule has 0 aliphatic carbocycles. The van der Waals surface area contributed by atoms with Gasteiger partial charge in [-0.25, -0.2) is 8.42 Å². The fraction of sp³-hybridized carbons (Fsp3) is 0.385. The van der Waals surface area contributed by atoms with Gasteiger partial charge in [0.2, 0.25) is 0 Å². The quantitative estimate of drug-likeness (QED) is 0.927. The van der Waals surface area contributed by atoms with Gasteiger partial charge in [0.1, 0.15) is 5.37 Å². The highest BCUT2D eigenvalue weighted by Gasteiger charge is 2.38. The third-order valence-electron chi connectivity index (χ3n) is 3.78. The Kier molecular flexibility index (Phi) is 2.82. The van der Waals surface area contributed by atoms with Gasteiger partial charge in [0, 0.05) is 35.6 Å². The van der Waals surface area contributed by atoms with E-state index in [-0.39, 0.29) is 12.3 Å². The Morgan fingerprint density at radius 1 is 1.55 bits per heavy atom. The van der Waals surface area contributed by atoms with Crippen LogP contribution in [0, 0.1) is 0 Å². The van der Waals surface area contributed by atoms with Crippen LogP contribution in [0.1, 0.15) is 29.8 Å². The number of carboxylic acids is 1. The predicted molar refractivity (Wildman–Crippen MR) is 73.2 cm³/mol. The maximum Gasteiger partial charge on any atom is 0.304 e. The fourth-order valence-electron chi connectivity index (χ4n) is 2.97. The van der Waals surface area contributed by atoms with Crippen LogP contribution in [0.4, 0.5) is 0 Å². The van der Waals surface area contributed by atoms with Crippen LogP contribution in [0.5, 0.6) is 0 Å². The molecule has 20 heavy (non-hydrogen) atoms. The maximum atomic E-state index is 12.0. The molecule has 0 saturated heterocycles. The normalized spacial score (nSPS) is 22.1. The summed E-state index contributed by atoms with van der Waals surface area (Å²) in [5.74, 6) is -1.20.